The van der Waals surface area contributed by atoms with E-state index in [-0.39, 0.29) is 17.9 Å². The van der Waals surface area contributed by atoms with Crippen molar-refractivity contribution in [1.82, 2.24) is 5.32 Å². The molecule has 1 atom stereocenters. The lowest BCUT2D eigenvalue weighted by atomic mass is 10.1. The van der Waals surface area contributed by atoms with Gasteiger partial charge in [0.1, 0.15) is 19.3 Å². The highest BCUT2D eigenvalue weighted by molar-refractivity contribution is 5.97. The molecule has 9 heteroatoms. The Kier molecular flexibility index (Phi) is 4.43. The van der Waals surface area contributed by atoms with Gasteiger partial charge < -0.3 is 19.9 Å². The van der Waals surface area contributed by atoms with Gasteiger partial charge in [-0.25, -0.2) is 4.79 Å². The minimum Gasteiger partial charge on any atom is -0.486 e. The largest absolute Gasteiger partial charge is 0.486 e. The van der Waals surface area contributed by atoms with Crippen molar-refractivity contribution in [2.75, 3.05) is 13.2 Å². The SMILES string of the molecule is O=C(NC(CC(F)(F)F)C(=O)O)c1ccc2c(c1)OCCO2. The van der Waals surface area contributed by atoms with Gasteiger partial charge in [0.15, 0.2) is 11.5 Å². The van der Waals surface area contributed by atoms with Gasteiger partial charge in [-0.2, -0.15) is 13.2 Å². The maximum atomic E-state index is 12.3. The number of hydrogen-bond acceptors (Lipinski definition) is 4. The van der Waals surface area contributed by atoms with Crippen molar-refractivity contribution in [3.63, 3.8) is 0 Å². The molecule has 0 saturated heterocycles. The number of amides is 1. The van der Waals surface area contributed by atoms with Gasteiger partial charge in [-0.15, -0.1) is 0 Å². The standard InChI is InChI=1S/C13H12F3NO5/c14-13(15,16)6-8(12(19)20)17-11(18)7-1-2-9-10(5-7)22-4-3-21-9/h1-2,5,8H,3-4,6H2,(H,17,18)(H,19,20). The van der Waals surface area contributed by atoms with Gasteiger partial charge in [-0.05, 0) is 18.2 Å². The van der Waals surface area contributed by atoms with Crippen LogP contribution in [-0.4, -0.2) is 42.4 Å². The first-order chi connectivity index (χ1) is 10.3. The van der Waals surface area contributed by atoms with Gasteiger partial charge in [-0.1, -0.05) is 0 Å². The van der Waals surface area contributed by atoms with E-state index in [1.54, 1.807) is 0 Å². The molecule has 6 nitrogen and oxygen atoms in total. The second kappa shape index (κ2) is 6.12. The van der Waals surface area contributed by atoms with Crippen LogP contribution < -0.4 is 14.8 Å². The van der Waals surface area contributed by atoms with E-state index >= 15 is 0 Å². The number of fused-ring (bicyclic) bond motifs is 1. The van der Waals surface area contributed by atoms with Crippen molar-refractivity contribution in [2.45, 2.75) is 18.6 Å². The summed E-state index contributed by atoms with van der Waals surface area (Å²) in [5.41, 5.74) is -0.0160. The molecule has 120 valence electrons. The fourth-order valence-corrected chi connectivity index (χ4v) is 1.86. The first-order valence-corrected chi connectivity index (χ1v) is 6.26. The highest BCUT2D eigenvalue weighted by atomic mass is 19.4. The van der Waals surface area contributed by atoms with Crippen LogP contribution in [0.4, 0.5) is 13.2 Å². The second-order valence-electron chi connectivity index (χ2n) is 4.54. The summed E-state index contributed by atoms with van der Waals surface area (Å²) in [5, 5.41) is 10.6. The van der Waals surface area contributed by atoms with Crippen molar-refractivity contribution < 1.29 is 37.3 Å². The van der Waals surface area contributed by atoms with E-state index in [9.17, 15) is 22.8 Å². The molecule has 1 heterocycles. The molecule has 1 aliphatic rings. The smallest absolute Gasteiger partial charge is 0.391 e. The predicted octanol–water partition coefficient (Wildman–Crippen LogP) is 1.59. The van der Waals surface area contributed by atoms with E-state index in [1.165, 1.54) is 18.2 Å². The zero-order valence-electron chi connectivity index (χ0n) is 11.1. The third-order valence-corrected chi connectivity index (χ3v) is 2.84. The number of carboxylic acid groups (broad SMARTS) is 1. The quantitative estimate of drug-likeness (QED) is 0.880. The maximum absolute atomic E-state index is 12.3. The normalized spacial score (nSPS) is 15.0. The minimum atomic E-state index is -4.71. The number of carbonyl (C=O) groups excluding carboxylic acids is 1. The number of benzene rings is 1. The molecule has 0 radical (unpaired) electrons. The molecular weight excluding hydrogens is 307 g/mol. The Bertz CT molecular complexity index is 588. The summed E-state index contributed by atoms with van der Waals surface area (Å²) in [4.78, 5) is 22.7. The van der Waals surface area contributed by atoms with Crippen LogP contribution in [0.2, 0.25) is 0 Å². The molecule has 0 aromatic heterocycles. The molecule has 0 fully saturated rings. The molecule has 0 saturated carbocycles. The van der Waals surface area contributed by atoms with Crippen molar-refractivity contribution >= 4 is 11.9 Å². The summed E-state index contributed by atoms with van der Waals surface area (Å²) in [5.74, 6) is -2.01. The number of carbonyl (C=O) groups is 2. The van der Waals surface area contributed by atoms with Crippen LogP contribution in [0.5, 0.6) is 11.5 Å². The molecule has 1 aromatic rings. The fourth-order valence-electron chi connectivity index (χ4n) is 1.86. The van der Waals surface area contributed by atoms with Crippen LogP contribution in [0.25, 0.3) is 0 Å². The topological polar surface area (TPSA) is 84.9 Å². The number of aliphatic carboxylic acids is 1. The number of halogens is 3. The lowest BCUT2D eigenvalue weighted by Crippen LogP contribution is -2.43. The summed E-state index contributed by atoms with van der Waals surface area (Å²) in [6, 6.07) is 1.98. The Morgan fingerprint density at radius 1 is 1.23 bits per heavy atom. The highest BCUT2D eigenvalue weighted by Crippen LogP contribution is 2.30. The zero-order chi connectivity index (χ0) is 16.3. The third kappa shape index (κ3) is 4.03. The Labute approximate surface area is 122 Å². The van der Waals surface area contributed by atoms with Crippen LogP contribution in [0.3, 0.4) is 0 Å². The first kappa shape index (κ1) is 15.9. The number of rotatable bonds is 4. The Morgan fingerprint density at radius 2 is 1.86 bits per heavy atom. The lowest BCUT2D eigenvalue weighted by molar-refractivity contribution is -0.157. The monoisotopic (exact) mass is 319 g/mol. The van der Waals surface area contributed by atoms with E-state index in [0.29, 0.717) is 12.4 Å². The number of ether oxygens (including phenoxy) is 2. The highest BCUT2D eigenvalue weighted by Gasteiger charge is 2.36. The van der Waals surface area contributed by atoms with Gasteiger partial charge in [0.25, 0.3) is 5.91 Å². The van der Waals surface area contributed by atoms with E-state index in [1.807, 2.05) is 5.32 Å². The minimum absolute atomic E-state index is 0.0160. The van der Waals surface area contributed by atoms with Gasteiger partial charge >= 0.3 is 12.1 Å². The zero-order valence-corrected chi connectivity index (χ0v) is 11.1. The van der Waals surface area contributed by atoms with Gasteiger partial charge in [-0.3, -0.25) is 4.79 Å². The fraction of sp³-hybridized carbons (Fsp3) is 0.385. The van der Waals surface area contributed by atoms with E-state index in [0.717, 1.165) is 0 Å². The molecule has 0 aliphatic carbocycles. The summed E-state index contributed by atoms with van der Waals surface area (Å²) in [6.45, 7) is 0.634. The maximum Gasteiger partial charge on any atom is 0.391 e. The number of alkyl halides is 3. The van der Waals surface area contributed by atoms with E-state index in [2.05, 4.69) is 0 Å². The van der Waals surface area contributed by atoms with Gasteiger partial charge in [0.2, 0.25) is 0 Å². The lowest BCUT2D eigenvalue weighted by Gasteiger charge is -2.19. The number of nitrogens with one attached hydrogen (secondary N) is 1. The van der Waals surface area contributed by atoms with E-state index in [4.69, 9.17) is 14.6 Å². The molecule has 22 heavy (non-hydrogen) atoms. The third-order valence-electron chi connectivity index (χ3n) is 2.84. The molecule has 0 bridgehead atoms. The second-order valence-corrected chi connectivity index (χ2v) is 4.54. The van der Waals surface area contributed by atoms with E-state index < -0.39 is 30.5 Å². The molecule has 0 spiro atoms. The first-order valence-electron chi connectivity index (χ1n) is 6.26. The van der Waals surface area contributed by atoms with Crippen LogP contribution in [0.1, 0.15) is 16.8 Å². The predicted molar refractivity (Wildman–Crippen MR) is 67.0 cm³/mol. The molecule has 1 aromatic carbocycles. The molecule has 1 unspecified atom stereocenters. The molecule has 1 amide bonds. The Hall–Kier alpha value is -2.45. The molecule has 2 rings (SSSR count). The van der Waals surface area contributed by atoms with Crippen molar-refractivity contribution in [2.24, 2.45) is 0 Å². The van der Waals surface area contributed by atoms with Gasteiger partial charge in [0, 0.05) is 5.56 Å². The summed E-state index contributed by atoms with van der Waals surface area (Å²) in [6.07, 6.45) is -6.36. The van der Waals surface area contributed by atoms with Crippen LogP contribution in [-0.2, 0) is 4.79 Å². The van der Waals surface area contributed by atoms with Gasteiger partial charge in [0.05, 0.1) is 6.42 Å². The van der Waals surface area contributed by atoms with Crippen molar-refractivity contribution in [3.05, 3.63) is 23.8 Å². The Morgan fingerprint density at radius 3 is 2.45 bits per heavy atom. The van der Waals surface area contributed by atoms with Crippen LogP contribution in [0.15, 0.2) is 18.2 Å². The molecule has 1 aliphatic heterocycles. The molecular formula is C13H12F3NO5. The Balaban J connectivity index is 2.11. The summed E-state index contributed by atoms with van der Waals surface area (Å²) >= 11 is 0. The van der Waals surface area contributed by atoms with Crippen LogP contribution in [0, 0.1) is 0 Å². The van der Waals surface area contributed by atoms with Crippen molar-refractivity contribution in [1.29, 1.82) is 0 Å². The average Bonchev–Trinajstić information content (AvgIpc) is 2.44. The van der Waals surface area contributed by atoms with Crippen LogP contribution >= 0.6 is 0 Å². The average molecular weight is 319 g/mol. The number of hydrogen-bond donors (Lipinski definition) is 2. The van der Waals surface area contributed by atoms with Crippen molar-refractivity contribution in [3.8, 4) is 11.5 Å². The molecule has 2 N–H and O–H groups in total. The number of carboxylic acids is 1. The summed E-state index contributed by atoms with van der Waals surface area (Å²) < 4.78 is 47.4. The summed E-state index contributed by atoms with van der Waals surface area (Å²) in [7, 11) is 0.